The zero-order valence-corrected chi connectivity index (χ0v) is 7.45. The zero-order chi connectivity index (χ0) is 10.6. The molecule has 0 radical (unpaired) electrons. The van der Waals surface area contributed by atoms with Crippen molar-refractivity contribution in [1.82, 2.24) is 0 Å². The van der Waals surface area contributed by atoms with Crippen molar-refractivity contribution in [3.8, 4) is 11.8 Å². The highest BCUT2D eigenvalue weighted by Gasteiger charge is 2.06. The maximum atomic E-state index is 10.6. The van der Waals surface area contributed by atoms with Crippen LogP contribution in [0.15, 0.2) is 18.2 Å². The van der Waals surface area contributed by atoms with Gasteiger partial charge in [-0.25, -0.2) is 4.79 Å². The minimum absolute atomic E-state index is 0.0864. The molecule has 0 fully saturated rings. The van der Waals surface area contributed by atoms with E-state index in [9.17, 15) is 4.79 Å². The van der Waals surface area contributed by atoms with E-state index < -0.39 is 5.97 Å². The first-order chi connectivity index (χ1) is 6.65. The summed E-state index contributed by atoms with van der Waals surface area (Å²) >= 11 is 0. The lowest BCUT2D eigenvalue weighted by molar-refractivity contribution is 0.0698. The number of carboxylic acid groups (broad SMARTS) is 1. The van der Waals surface area contributed by atoms with Gasteiger partial charge in [-0.15, -0.1) is 0 Å². The Hall–Kier alpha value is -1.99. The van der Waals surface area contributed by atoms with Crippen LogP contribution in [0.1, 0.15) is 15.9 Å². The Labute approximate surface area is 81.5 Å². The predicted octanol–water partition coefficient (Wildman–Crippen LogP) is 0.277. The molecule has 0 amide bonds. The number of nitrogens with two attached hydrogens (primary N) is 2. The van der Waals surface area contributed by atoms with Crippen LogP contribution in [0, 0.1) is 11.8 Å². The molecule has 0 atom stereocenters. The third-order valence-corrected chi connectivity index (χ3v) is 1.62. The van der Waals surface area contributed by atoms with Gasteiger partial charge in [0.1, 0.15) is 0 Å². The largest absolute Gasteiger partial charge is 0.478 e. The summed E-state index contributed by atoms with van der Waals surface area (Å²) in [6.45, 7) is 0.264. The van der Waals surface area contributed by atoms with Crippen LogP contribution in [-0.2, 0) is 0 Å². The van der Waals surface area contributed by atoms with E-state index in [0.717, 1.165) is 0 Å². The average Bonchev–Trinajstić information content (AvgIpc) is 2.14. The maximum Gasteiger partial charge on any atom is 0.337 e. The summed E-state index contributed by atoms with van der Waals surface area (Å²) in [6, 6.07) is 4.55. The molecular weight excluding hydrogens is 180 g/mol. The molecule has 0 aliphatic heterocycles. The SMILES string of the molecule is NCC#Cc1ccc(C(=O)O)c(N)c1. The standard InChI is InChI=1S/C10H10N2O2/c11-5-1-2-7-3-4-8(10(13)14)9(12)6-7/h3-4,6H,5,11-12H2,(H,13,14). The third-order valence-electron chi connectivity index (χ3n) is 1.62. The maximum absolute atomic E-state index is 10.6. The van der Waals surface area contributed by atoms with Gasteiger partial charge < -0.3 is 16.6 Å². The Kier molecular flexibility index (Phi) is 3.10. The van der Waals surface area contributed by atoms with Gasteiger partial charge in [0.25, 0.3) is 0 Å². The van der Waals surface area contributed by atoms with E-state index in [1.807, 2.05) is 0 Å². The number of carbonyl (C=O) groups is 1. The lowest BCUT2D eigenvalue weighted by Crippen LogP contribution is -2.02. The van der Waals surface area contributed by atoms with Crippen LogP contribution >= 0.6 is 0 Å². The van der Waals surface area contributed by atoms with Crippen molar-refractivity contribution in [2.45, 2.75) is 0 Å². The normalized spacial score (nSPS) is 8.93. The first-order valence-electron chi connectivity index (χ1n) is 3.97. The van der Waals surface area contributed by atoms with Gasteiger partial charge in [0.05, 0.1) is 12.1 Å². The van der Waals surface area contributed by atoms with Crippen molar-refractivity contribution < 1.29 is 9.90 Å². The first kappa shape index (κ1) is 10.1. The number of aromatic carboxylic acids is 1. The summed E-state index contributed by atoms with van der Waals surface area (Å²) in [6.07, 6.45) is 0. The smallest absolute Gasteiger partial charge is 0.337 e. The number of nitrogen functional groups attached to an aromatic ring is 1. The second-order valence-corrected chi connectivity index (χ2v) is 2.61. The van der Waals surface area contributed by atoms with E-state index in [2.05, 4.69) is 11.8 Å². The second-order valence-electron chi connectivity index (χ2n) is 2.61. The molecule has 0 bridgehead atoms. The van der Waals surface area contributed by atoms with E-state index in [4.69, 9.17) is 16.6 Å². The lowest BCUT2D eigenvalue weighted by Gasteiger charge is -1.99. The van der Waals surface area contributed by atoms with Crippen molar-refractivity contribution >= 4 is 11.7 Å². The molecule has 72 valence electrons. The Balaban J connectivity index is 3.06. The molecule has 1 aromatic carbocycles. The van der Waals surface area contributed by atoms with Gasteiger partial charge in [-0.2, -0.15) is 0 Å². The minimum Gasteiger partial charge on any atom is -0.478 e. The molecule has 0 spiro atoms. The summed E-state index contributed by atoms with van der Waals surface area (Å²) in [5, 5.41) is 8.70. The van der Waals surface area contributed by atoms with E-state index in [-0.39, 0.29) is 17.8 Å². The van der Waals surface area contributed by atoms with Crippen LogP contribution < -0.4 is 11.5 Å². The van der Waals surface area contributed by atoms with Gasteiger partial charge in [-0.05, 0) is 18.2 Å². The predicted molar refractivity (Wildman–Crippen MR) is 53.7 cm³/mol. The summed E-state index contributed by atoms with van der Waals surface area (Å²) in [7, 11) is 0. The molecule has 0 aliphatic rings. The number of anilines is 1. The van der Waals surface area contributed by atoms with Crippen LogP contribution in [0.4, 0.5) is 5.69 Å². The number of benzene rings is 1. The van der Waals surface area contributed by atoms with E-state index in [0.29, 0.717) is 5.56 Å². The highest BCUT2D eigenvalue weighted by atomic mass is 16.4. The van der Waals surface area contributed by atoms with Gasteiger partial charge in [0.2, 0.25) is 0 Å². The van der Waals surface area contributed by atoms with Crippen LogP contribution in [0.5, 0.6) is 0 Å². The van der Waals surface area contributed by atoms with E-state index in [1.54, 1.807) is 6.07 Å². The fourth-order valence-electron chi connectivity index (χ4n) is 0.988. The first-order valence-corrected chi connectivity index (χ1v) is 3.97. The van der Waals surface area contributed by atoms with Crippen LogP contribution in [0.25, 0.3) is 0 Å². The van der Waals surface area contributed by atoms with Crippen molar-refractivity contribution in [3.63, 3.8) is 0 Å². The van der Waals surface area contributed by atoms with Crippen molar-refractivity contribution in [2.75, 3.05) is 12.3 Å². The molecule has 0 aromatic heterocycles. The number of hydrogen-bond acceptors (Lipinski definition) is 3. The van der Waals surface area contributed by atoms with Gasteiger partial charge in [0.15, 0.2) is 0 Å². The highest BCUT2D eigenvalue weighted by molar-refractivity contribution is 5.93. The highest BCUT2D eigenvalue weighted by Crippen LogP contribution is 2.13. The van der Waals surface area contributed by atoms with Gasteiger partial charge in [0, 0.05) is 11.3 Å². The number of rotatable bonds is 1. The summed E-state index contributed by atoms with van der Waals surface area (Å²) in [5.74, 6) is 4.38. The number of carboxylic acids is 1. The summed E-state index contributed by atoms with van der Waals surface area (Å²) in [4.78, 5) is 10.6. The van der Waals surface area contributed by atoms with Gasteiger partial charge in [-0.3, -0.25) is 0 Å². The van der Waals surface area contributed by atoms with Crippen LogP contribution in [0.3, 0.4) is 0 Å². The quantitative estimate of drug-likeness (QED) is 0.438. The molecule has 14 heavy (non-hydrogen) atoms. The Bertz CT molecular complexity index is 416. The second kappa shape index (κ2) is 4.30. The number of hydrogen-bond donors (Lipinski definition) is 3. The molecule has 0 heterocycles. The van der Waals surface area contributed by atoms with Crippen molar-refractivity contribution in [3.05, 3.63) is 29.3 Å². The lowest BCUT2D eigenvalue weighted by atomic mass is 10.1. The van der Waals surface area contributed by atoms with Gasteiger partial charge in [-0.1, -0.05) is 11.8 Å². The minimum atomic E-state index is -1.04. The molecule has 5 N–H and O–H groups in total. The molecule has 4 heteroatoms. The van der Waals surface area contributed by atoms with Crippen molar-refractivity contribution in [1.29, 1.82) is 0 Å². The fourth-order valence-corrected chi connectivity index (χ4v) is 0.988. The molecule has 0 saturated carbocycles. The topological polar surface area (TPSA) is 89.3 Å². The molecule has 0 unspecified atom stereocenters. The van der Waals surface area contributed by atoms with Crippen LogP contribution in [-0.4, -0.2) is 17.6 Å². The van der Waals surface area contributed by atoms with Crippen molar-refractivity contribution in [2.24, 2.45) is 5.73 Å². The fraction of sp³-hybridized carbons (Fsp3) is 0.100. The average molecular weight is 190 g/mol. The monoisotopic (exact) mass is 190 g/mol. The third kappa shape index (κ3) is 2.25. The molecular formula is C10H10N2O2. The molecule has 0 aliphatic carbocycles. The molecule has 0 saturated heterocycles. The van der Waals surface area contributed by atoms with Gasteiger partial charge >= 0.3 is 5.97 Å². The summed E-state index contributed by atoms with van der Waals surface area (Å²) < 4.78 is 0. The Morgan fingerprint density at radius 2 is 2.21 bits per heavy atom. The molecule has 1 aromatic rings. The Morgan fingerprint density at radius 1 is 1.50 bits per heavy atom. The van der Waals surface area contributed by atoms with E-state index >= 15 is 0 Å². The van der Waals surface area contributed by atoms with Crippen LogP contribution in [0.2, 0.25) is 0 Å². The molecule has 1 rings (SSSR count). The van der Waals surface area contributed by atoms with E-state index in [1.165, 1.54) is 12.1 Å². The summed E-state index contributed by atoms with van der Waals surface area (Å²) in [5.41, 5.74) is 11.7. The Morgan fingerprint density at radius 3 is 2.71 bits per heavy atom. The molecule has 4 nitrogen and oxygen atoms in total. The zero-order valence-electron chi connectivity index (χ0n) is 7.45.